The minimum atomic E-state index is -4.77. The monoisotopic (exact) mass is 696 g/mol. The number of phosphoric acid groups is 1. The van der Waals surface area contributed by atoms with Crippen molar-refractivity contribution in [1.82, 2.24) is 0 Å². The summed E-state index contributed by atoms with van der Waals surface area (Å²) in [6.07, 6.45) is 41.3. The van der Waals surface area contributed by atoms with Gasteiger partial charge in [-0.3, -0.25) is 14.1 Å². The van der Waals surface area contributed by atoms with Crippen molar-refractivity contribution >= 4 is 19.8 Å². The molecule has 48 heavy (non-hydrogen) atoms. The van der Waals surface area contributed by atoms with Gasteiger partial charge in [0.25, 0.3) is 0 Å². The molecule has 8 nitrogen and oxygen atoms in total. The third kappa shape index (κ3) is 36.8. The Morgan fingerprint density at radius 3 is 1.54 bits per heavy atom. The van der Waals surface area contributed by atoms with Gasteiger partial charge in [-0.15, -0.1) is 0 Å². The minimum Gasteiger partial charge on any atom is -0.462 e. The van der Waals surface area contributed by atoms with E-state index in [9.17, 15) is 14.2 Å². The average Bonchev–Trinajstić information content (AvgIpc) is 3.05. The second kappa shape index (κ2) is 34.9. The van der Waals surface area contributed by atoms with Gasteiger partial charge < -0.3 is 19.3 Å². The Morgan fingerprint density at radius 2 is 0.979 bits per heavy atom. The zero-order chi connectivity index (χ0) is 35.4. The van der Waals surface area contributed by atoms with Crippen molar-refractivity contribution in [1.29, 1.82) is 0 Å². The van der Waals surface area contributed by atoms with Crippen LogP contribution in [0.5, 0.6) is 0 Å². The van der Waals surface area contributed by atoms with Crippen LogP contribution in [0.15, 0.2) is 48.6 Å². The minimum absolute atomic E-state index is 0.155. The molecule has 0 rings (SSSR count). The van der Waals surface area contributed by atoms with Crippen molar-refractivity contribution in [2.45, 2.75) is 174 Å². The first-order valence-electron chi connectivity index (χ1n) is 18.9. The average molecular weight is 697 g/mol. The molecule has 0 radical (unpaired) electrons. The molecule has 0 saturated heterocycles. The summed E-state index contributed by atoms with van der Waals surface area (Å²) in [5.41, 5.74) is 0. The number of hydrogen-bond donors (Lipinski definition) is 2. The number of ether oxygens (including phenoxy) is 2. The molecule has 0 aliphatic carbocycles. The van der Waals surface area contributed by atoms with E-state index >= 15 is 0 Å². The molecule has 0 aromatic rings. The molecule has 0 bridgehead atoms. The third-order valence-electron chi connectivity index (χ3n) is 7.83. The standard InChI is InChI=1S/C39H69O8P/c1-3-5-7-9-11-13-15-17-19-21-23-25-27-29-31-33-38(40)45-35-37(36-46-48(42,43)44)47-39(41)34-32-30-28-26-24-22-20-18-16-14-12-10-8-6-4-2/h12,14,18,20,24,26-27,29,37H,3-11,13,15-17,19,21-23,25,28,30-36H2,1-2H3,(H2,42,43,44)/b14-12+,20-18+,26-24+,29-27+/t37-/m1/s1. The predicted molar refractivity (Wildman–Crippen MR) is 198 cm³/mol. The molecule has 0 fully saturated rings. The quantitative estimate of drug-likeness (QED) is 0.0295. The van der Waals surface area contributed by atoms with Gasteiger partial charge in [0.2, 0.25) is 0 Å². The maximum Gasteiger partial charge on any atom is 0.469 e. The van der Waals surface area contributed by atoms with Gasteiger partial charge in [-0.05, 0) is 64.2 Å². The van der Waals surface area contributed by atoms with Crippen LogP contribution in [0.3, 0.4) is 0 Å². The topological polar surface area (TPSA) is 119 Å². The van der Waals surface area contributed by atoms with Crippen LogP contribution in [-0.2, 0) is 28.2 Å². The van der Waals surface area contributed by atoms with Crippen LogP contribution in [0.2, 0.25) is 0 Å². The molecule has 0 unspecified atom stereocenters. The summed E-state index contributed by atoms with van der Waals surface area (Å²) in [4.78, 5) is 42.6. The molecule has 1 atom stereocenters. The first-order valence-corrected chi connectivity index (χ1v) is 20.5. The third-order valence-corrected chi connectivity index (χ3v) is 8.32. The zero-order valence-electron chi connectivity index (χ0n) is 30.4. The molecule has 0 amide bonds. The molecule has 0 aliphatic rings. The van der Waals surface area contributed by atoms with E-state index < -0.39 is 32.5 Å². The molecule has 2 N–H and O–H groups in total. The molecule has 0 spiro atoms. The van der Waals surface area contributed by atoms with E-state index in [0.717, 1.165) is 44.9 Å². The van der Waals surface area contributed by atoms with Crippen molar-refractivity contribution in [2.24, 2.45) is 0 Å². The molecule has 278 valence electrons. The fraction of sp³-hybridized carbons (Fsp3) is 0.744. The van der Waals surface area contributed by atoms with E-state index in [0.29, 0.717) is 12.8 Å². The van der Waals surface area contributed by atoms with Gasteiger partial charge >= 0.3 is 19.8 Å². The highest BCUT2D eigenvalue weighted by Gasteiger charge is 2.22. The summed E-state index contributed by atoms with van der Waals surface area (Å²) in [5, 5.41) is 0. The second-order valence-corrected chi connectivity index (χ2v) is 13.8. The van der Waals surface area contributed by atoms with Crippen LogP contribution in [0, 0.1) is 0 Å². The number of esters is 2. The van der Waals surface area contributed by atoms with Gasteiger partial charge in [-0.2, -0.15) is 0 Å². The summed E-state index contributed by atoms with van der Waals surface area (Å²) in [6, 6.07) is 0. The molecule has 9 heteroatoms. The van der Waals surface area contributed by atoms with Crippen molar-refractivity contribution in [2.75, 3.05) is 13.2 Å². The Morgan fingerprint density at radius 1 is 0.542 bits per heavy atom. The largest absolute Gasteiger partial charge is 0.469 e. The summed E-state index contributed by atoms with van der Waals surface area (Å²) in [6.45, 7) is 3.58. The van der Waals surface area contributed by atoms with E-state index in [2.05, 4.69) is 60.9 Å². The number of rotatable bonds is 34. The van der Waals surface area contributed by atoms with Gasteiger partial charge in [-0.25, -0.2) is 4.57 Å². The molecule has 0 saturated carbocycles. The highest BCUT2D eigenvalue weighted by molar-refractivity contribution is 7.46. The van der Waals surface area contributed by atoms with Crippen LogP contribution in [0.25, 0.3) is 0 Å². The smallest absolute Gasteiger partial charge is 0.462 e. The number of unbranched alkanes of at least 4 members (excludes halogenated alkanes) is 16. The maximum absolute atomic E-state index is 12.3. The van der Waals surface area contributed by atoms with Crippen molar-refractivity contribution in [3.8, 4) is 0 Å². The van der Waals surface area contributed by atoms with E-state index in [-0.39, 0.29) is 19.4 Å². The molecular weight excluding hydrogens is 627 g/mol. The van der Waals surface area contributed by atoms with E-state index in [1.807, 2.05) is 6.08 Å². The number of hydrogen-bond acceptors (Lipinski definition) is 6. The zero-order valence-corrected chi connectivity index (χ0v) is 31.3. The van der Waals surface area contributed by atoms with Crippen LogP contribution in [0.4, 0.5) is 0 Å². The number of phosphoric ester groups is 1. The van der Waals surface area contributed by atoms with Crippen LogP contribution < -0.4 is 0 Å². The summed E-state index contributed by atoms with van der Waals surface area (Å²) in [7, 11) is -4.77. The molecule has 0 aromatic carbocycles. The molecule has 0 heterocycles. The van der Waals surface area contributed by atoms with Gasteiger partial charge in [0.05, 0.1) is 6.61 Å². The first kappa shape index (κ1) is 46.0. The maximum atomic E-state index is 12.3. The second-order valence-electron chi connectivity index (χ2n) is 12.5. The summed E-state index contributed by atoms with van der Waals surface area (Å²) >= 11 is 0. The van der Waals surface area contributed by atoms with Crippen molar-refractivity contribution < 1.29 is 37.9 Å². The lowest BCUT2D eigenvalue weighted by molar-refractivity contribution is -0.161. The highest BCUT2D eigenvalue weighted by atomic mass is 31.2. The Bertz CT molecular complexity index is 921. The number of carbonyl (C=O) groups excluding carboxylic acids is 2. The SMILES string of the molecule is CCCCC/C=C/C/C=C/C/C=C/CCCCC(=O)O[C@H](COC(=O)CC/C=C/CCCCCCCCCCCCC)COP(=O)(O)O. The van der Waals surface area contributed by atoms with E-state index in [4.69, 9.17) is 19.3 Å². The lowest BCUT2D eigenvalue weighted by atomic mass is 10.1. The summed E-state index contributed by atoms with van der Waals surface area (Å²) < 4.78 is 26.2. The van der Waals surface area contributed by atoms with Crippen molar-refractivity contribution in [3.63, 3.8) is 0 Å². The Kier molecular flexibility index (Phi) is 33.4. The van der Waals surface area contributed by atoms with E-state index in [1.54, 1.807) is 0 Å². The lowest BCUT2D eigenvalue weighted by Crippen LogP contribution is -2.29. The summed E-state index contributed by atoms with van der Waals surface area (Å²) in [5.74, 6) is -0.988. The fourth-order valence-corrected chi connectivity index (χ4v) is 5.34. The van der Waals surface area contributed by atoms with Gasteiger partial charge in [-0.1, -0.05) is 140 Å². The van der Waals surface area contributed by atoms with E-state index in [1.165, 1.54) is 83.5 Å². The van der Waals surface area contributed by atoms with Crippen LogP contribution >= 0.6 is 7.82 Å². The van der Waals surface area contributed by atoms with Crippen molar-refractivity contribution in [3.05, 3.63) is 48.6 Å². The van der Waals surface area contributed by atoms with Gasteiger partial charge in [0.15, 0.2) is 6.10 Å². The molecule has 0 aromatic heterocycles. The van der Waals surface area contributed by atoms with Crippen LogP contribution in [0.1, 0.15) is 168 Å². The normalized spacial score (nSPS) is 13.0. The van der Waals surface area contributed by atoms with Gasteiger partial charge in [0, 0.05) is 12.8 Å². The predicted octanol–water partition coefficient (Wildman–Crippen LogP) is 11.2. The molecule has 0 aliphatic heterocycles. The fourth-order valence-electron chi connectivity index (χ4n) is 4.98. The first-order chi connectivity index (χ1) is 23.3. The highest BCUT2D eigenvalue weighted by Crippen LogP contribution is 2.35. The Balaban J connectivity index is 4.08. The molecular formula is C39H69O8P. The Labute approximate surface area is 293 Å². The lowest BCUT2D eigenvalue weighted by Gasteiger charge is -2.18. The van der Waals surface area contributed by atoms with Crippen LogP contribution in [-0.4, -0.2) is 41.0 Å². The number of carbonyl (C=O) groups is 2. The van der Waals surface area contributed by atoms with Gasteiger partial charge in [0.1, 0.15) is 6.61 Å². The number of allylic oxidation sites excluding steroid dienone is 8. The Hall–Kier alpha value is -1.99.